The Morgan fingerprint density at radius 3 is 2.72 bits per heavy atom. The van der Waals surface area contributed by atoms with Crippen LogP contribution in [0.3, 0.4) is 0 Å². The lowest BCUT2D eigenvalue weighted by Gasteiger charge is -2.36. The Balaban J connectivity index is 2.77. The fourth-order valence-corrected chi connectivity index (χ4v) is 2.40. The lowest BCUT2D eigenvalue weighted by atomic mass is 10.0. The van der Waals surface area contributed by atoms with Crippen LogP contribution in [0, 0.1) is 11.3 Å². The SMILES string of the molecule is CCCN(CC#N)C(=O)[C@@H]1CCCCN1C(C)=O. The maximum atomic E-state index is 12.4. The Labute approximate surface area is 108 Å². The van der Waals surface area contributed by atoms with E-state index in [0.717, 1.165) is 19.3 Å². The summed E-state index contributed by atoms with van der Waals surface area (Å²) in [7, 11) is 0. The fourth-order valence-electron chi connectivity index (χ4n) is 2.40. The summed E-state index contributed by atoms with van der Waals surface area (Å²) in [6.45, 7) is 4.81. The van der Waals surface area contributed by atoms with Crippen molar-refractivity contribution in [3.05, 3.63) is 0 Å². The molecule has 1 heterocycles. The zero-order chi connectivity index (χ0) is 13.5. The third kappa shape index (κ3) is 3.46. The van der Waals surface area contributed by atoms with Crippen molar-refractivity contribution in [1.82, 2.24) is 9.80 Å². The quantitative estimate of drug-likeness (QED) is 0.704. The Morgan fingerprint density at radius 1 is 1.44 bits per heavy atom. The first-order valence-corrected chi connectivity index (χ1v) is 6.54. The van der Waals surface area contributed by atoms with Crippen LogP contribution < -0.4 is 0 Å². The molecule has 1 aliphatic rings. The summed E-state index contributed by atoms with van der Waals surface area (Å²) in [5.41, 5.74) is 0. The van der Waals surface area contributed by atoms with E-state index >= 15 is 0 Å². The molecule has 0 aromatic heterocycles. The first kappa shape index (κ1) is 14.5. The van der Waals surface area contributed by atoms with E-state index in [9.17, 15) is 9.59 Å². The minimum atomic E-state index is -0.365. The maximum Gasteiger partial charge on any atom is 0.246 e. The highest BCUT2D eigenvalue weighted by atomic mass is 16.2. The highest BCUT2D eigenvalue weighted by molar-refractivity contribution is 5.87. The molecule has 0 N–H and O–H groups in total. The summed E-state index contributed by atoms with van der Waals surface area (Å²) in [5, 5.41) is 8.76. The summed E-state index contributed by atoms with van der Waals surface area (Å²) in [6.07, 6.45) is 3.45. The molecule has 0 aliphatic carbocycles. The molecule has 0 saturated carbocycles. The van der Waals surface area contributed by atoms with Crippen molar-refractivity contribution in [1.29, 1.82) is 5.26 Å². The van der Waals surface area contributed by atoms with Gasteiger partial charge in [0.2, 0.25) is 11.8 Å². The number of carbonyl (C=O) groups excluding carboxylic acids is 2. The van der Waals surface area contributed by atoms with Crippen molar-refractivity contribution < 1.29 is 9.59 Å². The lowest BCUT2D eigenvalue weighted by molar-refractivity contribution is -0.146. The second-order valence-corrected chi connectivity index (χ2v) is 4.64. The van der Waals surface area contributed by atoms with E-state index in [-0.39, 0.29) is 24.4 Å². The zero-order valence-electron chi connectivity index (χ0n) is 11.2. The summed E-state index contributed by atoms with van der Waals surface area (Å²) >= 11 is 0. The van der Waals surface area contributed by atoms with Crippen LogP contribution in [0.25, 0.3) is 0 Å². The summed E-state index contributed by atoms with van der Waals surface area (Å²) < 4.78 is 0. The molecule has 2 amide bonds. The molecule has 0 unspecified atom stereocenters. The molecule has 5 nitrogen and oxygen atoms in total. The first-order valence-electron chi connectivity index (χ1n) is 6.54. The molecule has 0 radical (unpaired) electrons. The number of nitrogens with zero attached hydrogens (tertiary/aromatic N) is 3. The molecule has 1 fully saturated rings. The molecule has 0 aromatic carbocycles. The number of likely N-dealkylation sites (tertiary alicyclic amines) is 1. The average molecular weight is 251 g/mol. The molecule has 18 heavy (non-hydrogen) atoms. The van der Waals surface area contributed by atoms with Crippen LogP contribution in [0.5, 0.6) is 0 Å². The summed E-state index contributed by atoms with van der Waals surface area (Å²) in [6, 6.07) is 1.65. The molecule has 0 spiro atoms. The van der Waals surface area contributed by atoms with Crippen LogP contribution >= 0.6 is 0 Å². The third-order valence-electron chi connectivity index (χ3n) is 3.26. The predicted octanol–water partition coefficient (Wildman–Crippen LogP) is 1.15. The van der Waals surface area contributed by atoms with Crippen LogP contribution in [0.2, 0.25) is 0 Å². The van der Waals surface area contributed by atoms with Gasteiger partial charge in [0, 0.05) is 20.0 Å². The first-order chi connectivity index (χ1) is 8.61. The minimum Gasteiger partial charge on any atom is -0.331 e. The van der Waals surface area contributed by atoms with Gasteiger partial charge in [0.15, 0.2) is 0 Å². The summed E-state index contributed by atoms with van der Waals surface area (Å²) in [4.78, 5) is 27.1. The number of nitriles is 1. The Morgan fingerprint density at radius 2 is 2.17 bits per heavy atom. The minimum absolute atomic E-state index is 0.0542. The van der Waals surface area contributed by atoms with Crippen molar-refractivity contribution in [2.75, 3.05) is 19.6 Å². The van der Waals surface area contributed by atoms with Crippen molar-refractivity contribution in [3.8, 4) is 6.07 Å². The van der Waals surface area contributed by atoms with Crippen LogP contribution in [0.4, 0.5) is 0 Å². The van der Waals surface area contributed by atoms with Gasteiger partial charge in [-0.05, 0) is 25.7 Å². The predicted molar refractivity (Wildman–Crippen MR) is 67.5 cm³/mol. The van der Waals surface area contributed by atoms with Crippen LogP contribution in [0.1, 0.15) is 39.5 Å². The molecule has 1 aliphatic heterocycles. The van der Waals surface area contributed by atoms with E-state index < -0.39 is 0 Å². The van der Waals surface area contributed by atoms with E-state index in [0.29, 0.717) is 19.5 Å². The lowest BCUT2D eigenvalue weighted by Crippen LogP contribution is -2.52. The monoisotopic (exact) mass is 251 g/mol. The van der Waals surface area contributed by atoms with E-state index in [1.54, 1.807) is 9.80 Å². The number of rotatable bonds is 4. The van der Waals surface area contributed by atoms with Crippen LogP contribution in [-0.2, 0) is 9.59 Å². The number of hydrogen-bond acceptors (Lipinski definition) is 3. The van der Waals surface area contributed by atoms with Gasteiger partial charge in [0.25, 0.3) is 0 Å². The van der Waals surface area contributed by atoms with Gasteiger partial charge in [-0.2, -0.15) is 5.26 Å². The molecule has 0 bridgehead atoms. The molecule has 1 atom stereocenters. The highest BCUT2D eigenvalue weighted by Crippen LogP contribution is 2.19. The zero-order valence-corrected chi connectivity index (χ0v) is 11.2. The van der Waals surface area contributed by atoms with Gasteiger partial charge >= 0.3 is 0 Å². The third-order valence-corrected chi connectivity index (χ3v) is 3.26. The van der Waals surface area contributed by atoms with E-state index in [2.05, 4.69) is 0 Å². The summed E-state index contributed by atoms with van der Waals surface area (Å²) in [5.74, 6) is -0.130. The number of carbonyl (C=O) groups is 2. The molecular formula is C13H21N3O2. The molecule has 5 heteroatoms. The Bertz CT molecular complexity index is 349. The standard InChI is InChI=1S/C13H21N3O2/c1-3-8-15(10-7-14)13(18)12-6-4-5-9-16(12)11(2)17/h12H,3-6,8-10H2,1-2H3/t12-/m0/s1. The Hall–Kier alpha value is -1.57. The highest BCUT2D eigenvalue weighted by Gasteiger charge is 2.32. The van der Waals surface area contributed by atoms with Gasteiger partial charge in [0.1, 0.15) is 12.6 Å². The van der Waals surface area contributed by atoms with Gasteiger partial charge in [-0.1, -0.05) is 6.92 Å². The fraction of sp³-hybridized carbons (Fsp3) is 0.769. The molecule has 1 rings (SSSR count). The van der Waals surface area contributed by atoms with Gasteiger partial charge in [0.05, 0.1) is 6.07 Å². The largest absolute Gasteiger partial charge is 0.331 e. The second kappa shape index (κ2) is 7.00. The number of amides is 2. The Kier molecular flexibility index (Phi) is 5.63. The van der Waals surface area contributed by atoms with Crippen molar-refractivity contribution in [2.24, 2.45) is 0 Å². The van der Waals surface area contributed by atoms with E-state index in [1.165, 1.54) is 6.92 Å². The molecule has 100 valence electrons. The topological polar surface area (TPSA) is 64.4 Å². The van der Waals surface area contributed by atoms with Crippen molar-refractivity contribution in [3.63, 3.8) is 0 Å². The molecular weight excluding hydrogens is 230 g/mol. The van der Waals surface area contributed by atoms with Crippen LogP contribution in [0.15, 0.2) is 0 Å². The maximum absolute atomic E-state index is 12.4. The van der Waals surface area contributed by atoms with Crippen molar-refractivity contribution in [2.45, 2.75) is 45.6 Å². The van der Waals surface area contributed by atoms with E-state index in [1.807, 2.05) is 13.0 Å². The average Bonchev–Trinajstić information content (AvgIpc) is 2.37. The second-order valence-electron chi connectivity index (χ2n) is 4.64. The van der Waals surface area contributed by atoms with Crippen molar-refractivity contribution >= 4 is 11.8 Å². The van der Waals surface area contributed by atoms with Crippen LogP contribution in [-0.4, -0.2) is 47.3 Å². The number of hydrogen-bond donors (Lipinski definition) is 0. The smallest absolute Gasteiger partial charge is 0.246 e. The molecule has 0 aromatic rings. The number of piperidine rings is 1. The van der Waals surface area contributed by atoms with Gasteiger partial charge in [-0.25, -0.2) is 0 Å². The van der Waals surface area contributed by atoms with Gasteiger partial charge in [-0.15, -0.1) is 0 Å². The van der Waals surface area contributed by atoms with Gasteiger partial charge in [-0.3, -0.25) is 9.59 Å². The van der Waals surface area contributed by atoms with Gasteiger partial charge < -0.3 is 9.80 Å². The normalized spacial score (nSPS) is 19.2. The van der Waals surface area contributed by atoms with E-state index in [4.69, 9.17) is 5.26 Å². The molecule has 1 saturated heterocycles.